The second-order valence-electron chi connectivity index (χ2n) is 6.15. The fourth-order valence-electron chi connectivity index (χ4n) is 3.43. The molecule has 3 rings (SSSR count). The van der Waals surface area contributed by atoms with E-state index in [1.165, 1.54) is 0 Å². The van der Waals surface area contributed by atoms with Gasteiger partial charge in [-0.3, -0.25) is 9.59 Å². The standard InChI is InChI=1S/C19H21NO5/c1-24-8-7-20-17(21)11-16(19(22)23)18(20)14-4-3-13-10-15(25-2)6-5-12(13)9-14/h3-6,9-10,16,18H,7-8,11H2,1-2H3,(H,22,23)/t16-,18+/m1/s1. The summed E-state index contributed by atoms with van der Waals surface area (Å²) in [4.78, 5) is 25.6. The summed E-state index contributed by atoms with van der Waals surface area (Å²) in [5, 5.41) is 11.5. The van der Waals surface area contributed by atoms with Crippen LogP contribution in [0.25, 0.3) is 10.8 Å². The molecule has 2 aromatic carbocycles. The van der Waals surface area contributed by atoms with Gasteiger partial charge in [0.2, 0.25) is 5.91 Å². The molecule has 25 heavy (non-hydrogen) atoms. The van der Waals surface area contributed by atoms with Crippen molar-refractivity contribution in [3.8, 4) is 5.75 Å². The zero-order valence-corrected chi connectivity index (χ0v) is 14.3. The Hall–Kier alpha value is -2.60. The highest BCUT2D eigenvalue weighted by molar-refractivity contribution is 5.89. The molecule has 2 atom stereocenters. The minimum atomic E-state index is -0.951. The Morgan fingerprint density at radius 2 is 1.92 bits per heavy atom. The summed E-state index contributed by atoms with van der Waals surface area (Å²) in [5.74, 6) is -1.08. The molecule has 132 valence electrons. The minimum Gasteiger partial charge on any atom is -0.497 e. The Morgan fingerprint density at radius 3 is 2.60 bits per heavy atom. The molecule has 0 aromatic heterocycles. The molecular formula is C19H21NO5. The van der Waals surface area contributed by atoms with Crippen molar-refractivity contribution in [3.05, 3.63) is 42.0 Å². The van der Waals surface area contributed by atoms with Crippen LogP contribution in [-0.2, 0) is 14.3 Å². The van der Waals surface area contributed by atoms with Gasteiger partial charge in [0.1, 0.15) is 5.75 Å². The zero-order chi connectivity index (χ0) is 18.0. The van der Waals surface area contributed by atoms with Crippen molar-refractivity contribution in [3.63, 3.8) is 0 Å². The van der Waals surface area contributed by atoms with Crippen LogP contribution in [0.1, 0.15) is 18.0 Å². The van der Waals surface area contributed by atoms with Crippen molar-refractivity contribution in [2.45, 2.75) is 12.5 Å². The van der Waals surface area contributed by atoms with Crippen molar-refractivity contribution >= 4 is 22.6 Å². The first-order valence-electron chi connectivity index (χ1n) is 8.14. The largest absolute Gasteiger partial charge is 0.497 e. The average molecular weight is 343 g/mol. The fourth-order valence-corrected chi connectivity index (χ4v) is 3.43. The molecular weight excluding hydrogens is 322 g/mol. The SMILES string of the molecule is COCCN1C(=O)C[C@@H](C(=O)O)[C@@H]1c1ccc2cc(OC)ccc2c1. The average Bonchev–Trinajstić information content (AvgIpc) is 2.95. The topological polar surface area (TPSA) is 76.1 Å². The maximum atomic E-state index is 12.3. The van der Waals surface area contributed by atoms with E-state index in [9.17, 15) is 14.7 Å². The summed E-state index contributed by atoms with van der Waals surface area (Å²) in [6.07, 6.45) is 0.0182. The number of rotatable bonds is 6. The molecule has 0 saturated carbocycles. The second-order valence-corrected chi connectivity index (χ2v) is 6.15. The molecule has 0 bridgehead atoms. The number of likely N-dealkylation sites (tertiary alicyclic amines) is 1. The molecule has 1 aliphatic rings. The molecule has 0 radical (unpaired) electrons. The number of carboxylic acids is 1. The highest BCUT2D eigenvalue weighted by atomic mass is 16.5. The van der Waals surface area contributed by atoms with Crippen LogP contribution in [0.5, 0.6) is 5.75 Å². The van der Waals surface area contributed by atoms with Gasteiger partial charge in [0.15, 0.2) is 0 Å². The Labute approximate surface area is 145 Å². The molecule has 1 saturated heterocycles. The summed E-state index contributed by atoms with van der Waals surface area (Å²) in [6, 6.07) is 11.0. The first kappa shape index (κ1) is 17.2. The van der Waals surface area contributed by atoms with Gasteiger partial charge in [0.05, 0.1) is 25.7 Å². The Balaban J connectivity index is 2.01. The van der Waals surface area contributed by atoms with Crippen LogP contribution in [0.15, 0.2) is 36.4 Å². The number of nitrogens with zero attached hydrogens (tertiary/aromatic N) is 1. The normalized spacial score (nSPS) is 20.2. The van der Waals surface area contributed by atoms with Crippen molar-refractivity contribution < 1.29 is 24.2 Å². The molecule has 6 nitrogen and oxygen atoms in total. The van der Waals surface area contributed by atoms with Crippen LogP contribution in [0.3, 0.4) is 0 Å². The minimum absolute atomic E-state index is 0.0182. The molecule has 0 spiro atoms. The van der Waals surface area contributed by atoms with Crippen LogP contribution in [0.2, 0.25) is 0 Å². The Morgan fingerprint density at radius 1 is 1.20 bits per heavy atom. The number of ether oxygens (including phenoxy) is 2. The maximum absolute atomic E-state index is 12.3. The fraction of sp³-hybridized carbons (Fsp3) is 0.368. The van der Waals surface area contributed by atoms with E-state index in [0.717, 1.165) is 22.1 Å². The van der Waals surface area contributed by atoms with Gasteiger partial charge in [-0.1, -0.05) is 18.2 Å². The predicted molar refractivity (Wildman–Crippen MR) is 92.6 cm³/mol. The van der Waals surface area contributed by atoms with Gasteiger partial charge in [0.25, 0.3) is 0 Å². The number of hydrogen-bond donors (Lipinski definition) is 1. The summed E-state index contributed by atoms with van der Waals surface area (Å²) in [5.41, 5.74) is 0.826. The number of carbonyl (C=O) groups excluding carboxylic acids is 1. The molecule has 1 aliphatic heterocycles. The number of benzene rings is 2. The molecule has 6 heteroatoms. The highest BCUT2D eigenvalue weighted by Gasteiger charge is 2.44. The number of methoxy groups -OCH3 is 2. The van der Waals surface area contributed by atoms with Crippen LogP contribution in [0.4, 0.5) is 0 Å². The van der Waals surface area contributed by atoms with Crippen molar-refractivity contribution in [1.82, 2.24) is 4.90 Å². The van der Waals surface area contributed by atoms with E-state index >= 15 is 0 Å². The van der Waals surface area contributed by atoms with Gasteiger partial charge < -0.3 is 19.5 Å². The van der Waals surface area contributed by atoms with Crippen molar-refractivity contribution in [1.29, 1.82) is 0 Å². The highest BCUT2D eigenvalue weighted by Crippen LogP contribution is 2.39. The maximum Gasteiger partial charge on any atom is 0.309 e. The quantitative estimate of drug-likeness (QED) is 0.872. The zero-order valence-electron chi connectivity index (χ0n) is 14.3. The molecule has 1 fully saturated rings. The van der Waals surface area contributed by atoms with E-state index in [2.05, 4.69) is 0 Å². The van der Waals surface area contributed by atoms with Crippen molar-refractivity contribution in [2.75, 3.05) is 27.4 Å². The summed E-state index contributed by atoms with van der Waals surface area (Å²) in [7, 11) is 3.18. The van der Waals surface area contributed by atoms with Crippen LogP contribution in [-0.4, -0.2) is 49.3 Å². The smallest absolute Gasteiger partial charge is 0.309 e. The lowest BCUT2D eigenvalue weighted by Gasteiger charge is -2.27. The van der Waals surface area contributed by atoms with Crippen molar-refractivity contribution in [2.24, 2.45) is 5.92 Å². The van der Waals surface area contributed by atoms with E-state index in [-0.39, 0.29) is 12.3 Å². The van der Waals surface area contributed by atoms with Gasteiger partial charge in [-0.2, -0.15) is 0 Å². The first-order chi connectivity index (χ1) is 12.0. The first-order valence-corrected chi connectivity index (χ1v) is 8.14. The summed E-state index contributed by atoms with van der Waals surface area (Å²) in [6.45, 7) is 0.754. The number of carbonyl (C=O) groups is 2. The predicted octanol–water partition coefficient (Wildman–Crippen LogP) is 2.47. The van der Waals surface area contributed by atoms with Gasteiger partial charge >= 0.3 is 5.97 Å². The lowest BCUT2D eigenvalue weighted by atomic mass is 9.92. The molecule has 1 N–H and O–H groups in total. The molecule has 0 aliphatic carbocycles. The second kappa shape index (κ2) is 7.11. The van der Waals surface area contributed by atoms with Crippen LogP contribution in [0, 0.1) is 5.92 Å². The van der Waals surface area contributed by atoms with E-state index < -0.39 is 17.9 Å². The number of fused-ring (bicyclic) bond motifs is 1. The third kappa shape index (κ3) is 3.30. The third-order valence-electron chi connectivity index (χ3n) is 4.70. The van der Waals surface area contributed by atoms with E-state index in [0.29, 0.717) is 13.2 Å². The van der Waals surface area contributed by atoms with Crippen LogP contribution < -0.4 is 4.74 Å². The Kier molecular flexibility index (Phi) is 4.90. The monoisotopic (exact) mass is 343 g/mol. The number of carboxylic acid groups (broad SMARTS) is 1. The summed E-state index contributed by atoms with van der Waals surface area (Å²) >= 11 is 0. The Bertz CT molecular complexity index is 804. The third-order valence-corrected chi connectivity index (χ3v) is 4.70. The molecule has 1 amide bonds. The lowest BCUT2D eigenvalue weighted by Crippen LogP contribution is -2.33. The molecule has 0 unspecified atom stereocenters. The lowest BCUT2D eigenvalue weighted by molar-refractivity contribution is -0.142. The number of hydrogen-bond acceptors (Lipinski definition) is 4. The number of aliphatic carboxylic acids is 1. The van der Waals surface area contributed by atoms with Crippen LogP contribution >= 0.6 is 0 Å². The summed E-state index contributed by atoms with van der Waals surface area (Å²) < 4.78 is 10.3. The van der Waals surface area contributed by atoms with Gasteiger partial charge in [-0.25, -0.2) is 0 Å². The van der Waals surface area contributed by atoms with E-state index in [4.69, 9.17) is 9.47 Å². The molecule has 2 aromatic rings. The van der Waals surface area contributed by atoms with Gasteiger partial charge in [-0.15, -0.1) is 0 Å². The van der Waals surface area contributed by atoms with Gasteiger partial charge in [0, 0.05) is 20.1 Å². The van der Waals surface area contributed by atoms with E-state index in [1.807, 2.05) is 36.4 Å². The number of amides is 1. The van der Waals surface area contributed by atoms with Gasteiger partial charge in [-0.05, 0) is 34.5 Å². The van der Waals surface area contributed by atoms with E-state index in [1.54, 1.807) is 19.1 Å². The molecule has 1 heterocycles.